The number of imidazole rings is 1. The van der Waals surface area contributed by atoms with E-state index in [1.54, 1.807) is 11.2 Å². The number of halogens is 1. The molecule has 0 bridgehead atoms. The van der Waals surface area contributed by atoms with E-state index in [2.05, 4.69) is 25.9 Å². The van der Waals surface area contributed by atoms with E-state index in [-0.39, 0.29) is 11.4 Å². The number of H-pyrrole nitrogens is 1. The number of hydrogen-bond donors (Lipinski definition) is 3. The van der Waals surface area contributed by atoms with Gasteiger partial charge in [0.05, 0.1) is 6.33 Å². The molecule has 3 aromatic rings. The first-order valence-corrected chi connectivity index (χ1v) is 13.2. The van der Waals surface area contributed by atoms with Crippen molar-refractivity contribution in [3.63, 3.8) is 0 Å². The molecule has 2 aliphatic heterocycles. The lowest BCUT2D eigenvalue weighted by molar-refractivity contribution is -0.140. The molecular formula is C23H27BrN6O4S. The highest BCUT2D eigenvalue weighted by molar-refractivity contribution is 9.10. The second-order valence-electron chi connectivity index (χ2n) is 8.79. The Bertz CT molecular complexity index is 1300. The van der Waals surface area contributed by atoms with Crippen LogP contribution in [0.5, 0.6) is 11.5 Å². The monoisotopic (exact) mass is 562 g/mol. The Morgan fingerprint density at radius 3 is 2.74 bits per heavy atom. The van der Waals surface area contributed by atoms with Gasteiger partial charge in [-0.15, -0.1) is 0 Å². The maximum atomic E-state index is 12.0. The average molecular weight is 563 g/mol. The number of piperidine rings is 1. The van der Waals surface area contributed by atoms with E-state index in [1.165, 1.54) is 18.7 Å². The van der Waals surface area contributed by atoms with Crippen molar-refractivity contribution in [3.8, 4) is 11.5 Å². The Hall–Kier alpha value is -2.57. The van der Waals surface area contributed by atoms with Crippen molar-refractivity contribution in [1.29, 1.82) is 5.41 Å². The van der Waals surface area contributed by atoms with E-state index in [1.807, 2.05) is 16.7 Å². The number of likely N-dealkylation sites (tertiary alicyclic amines) is 1. The number of aryl methyl sites for hydroxylation is 1. The molecule has 1 saturated heterocycles. The molecule has 35 heavy (non-hydrogen) atoms. The largest absolute Gasteiger partial charge is 0.486 e. The molecule has 186 valence electrons. The van der Waals surface area contributed by atoms with E-state index in [0.717, 1.165) is 35.2 Å². The highest BCUT2D eigenvalue weighted by atomic mass is 79.9. The SMILES string of the molecule is C[C@H](O)C(=O)N1CCC(CCn2cnc(=N)c3[nH]c(Sc4cc5c(cc4Br)OCCO5)nc32)CC1. The van der Waals surface area contributed by atoms with Crippen molar-refractivity contribution in [1.82, 2.24) is 24.4 Å². The number of aliphatic hydroxyl groups is 1. The molecule has 1 fully saturated rings. The van der Waals surface area contributed by atoms with Crippen molar-refractivity contribution in [2.45, 2.75) is 48.9 Å². The normalized spacial score (nSPS) is 17.1. The lowest BCUT2D eigenvalue weighted by Crippen LogP contribution is -2.43. The third-order valence-electron chi connectivity index (χ3n) is 6.36. The van der Waals surface area contributed by atoms with Gasteiger partial charge in [-0.1, -0.05) is 11.8 Å². The van der Waals surface area contributed by atoms with Gasteiger partial charge in [-0.05, 0) is 60.2 Å². The number of aromatic nitrogens is 4. The summed E-state index contributed by atoms with van der Waals surface area (Å²) in [5.74, 6) is 1.71. The minimum atomic E-state index is -0.945. The molecule has 0 saturated carbocycles. The third kappa shape index (κ3) is 5.19. The van der Waals surface area contributed by atoms with Crippen molar-refractivity contribution in [2.24, 2.45) is 5.92 Å². The zero-order chi connectivity index (χ0) is 24.5. The number of ether oxygens (including phenoxy) is 2. The van der Waals surface area contributed by atoms with Gasteiger partial charge >= 0.3 is 0 Å². The number of carbonyl (C=O) groups is 1. The summed E-state index contributed by atoms with van der Waals surface area (Å²) in [5, 5.41) is 18.4. The summed E-state index contributed by atoms with van der Waals surface area (Å²) in [5.41, 5.74) is 1.45. The summed E-state index contributed by atoms with van der Waals surface area (Å²) >= 11 is 5.05. The van der Waals surface area contributed by atoms with Crippen LogP contribution in [0.2, 0.25) is 0 Å². The predicted octanol–water partition coefficient (Wildman–Crippen LogP) is 2.93. The molecule has 10 nitrogen and oxygen atoms in total. The number of amides is 1. The van der Waals surface area contributed by atoms with Gasteiger partial charge in [0, 0.05) is 29.0 Å². The smallest absolute Gasteiger partial charge is 0.251 e. The van der Waals surface area contributed by atoms with Crippen LogP contribution in [0.1, 0.15) is 26.2 Å². The fourth-order valence-electron chi connectivity index (χ4n) is 4.43. The highest BCUT2D eigenvalue weighted by Crippen LogP contribution is 2.41. The number of benzene rings is 1. The van der Waals surface area contributed by atoms with Crippen molar-refractivity contribution in [2.75, 3.05) is 26.3 Å². The molecule has 4 heterocycles. The topological polar surface area (TPSA) is 129 Å². The minimum Gasteiger partial charge on any atom is -0.486 e. The van der Waals surface area contributed by atoms with Crippen LogP contribution >= 0.6 is 27.7 Å². The van der Waals surface area contributed by atoms with Crippen LogP contribution in [-0.2, 0) is 11.3 Å². The number of nitrogens with one attached hydrogen (secondary N) is 2. The van der Waals surface area contributed by atoms with Gasteiger partial charge < -0.3 is 29.0 Å². The van der Waals surface area contributed by atoms with Gasteiger partial charge in [-0.2, -0.15) is 0 Å². The summed E-state index contributed by atoms with van der Waals surface area (Å²) in [7, 11) is 0. The number of rotatable bonds is 6. The molecule has 0 aliphatic carbocycles. The first-order chi connectivity index (χ1) is 16.9. The molecule has 1 aromatic carbocycles. The Kier molecular flexibility index (Phi) is 7.03. The van der Waals surface area contributed by atoms with Gasteiger partial charge in [0.25, 0.3) is 5.91 Å². The Morgan fingerprint density at radius 2 is 2.03 bits per heavy atom. The molecule has 3 N–H and O–H groups in total. The van der Waals surface area contributed by atoms with E-state index in [9.17, 15) is 9.90 Å². The molecule has 2 aromatic heterocycles. The van der Waals surface area contributed by atoms with Gasteiger partial charge in [0.2, 0.25) is 0 Å². The second-order valence-corrected chi connectivity index (χ2v) is 10.7. The third-order valence-corrected chi connectivity index (χ3v) is 8.23. The van der Waals surface area contributed by atoms with E-state index in [4.69, 9.17) is 19.9 Å². The standard InChI is InChI=1S/C23H27BrN6O4S/c1-13(31)22(32)29-5-2-14(3-6-29)4-7-30-12-26-20(25)19-21(30)28-23(27-19)35-18-11-17-16(10-15(18)24)33-8-9-34-17/h10-14,25,31H,2-9H2,1H3,(H,27,28)/t13-/m0/s1. The first-order valence-electron chi connectivity index (χ1n) is 11.6. The molecule has 1 atom stereocenters. The summed E-state index contributed by atoms with van der Waals surface area (Å²) in [6, 6.07) is 3.83. The van der Waals surface area contributed by atoms with Crippen LogP contribution in [0, 0.1) is 11.3 Å². The van der Waals surface area contributed by atoms with E-state index in [0.29, 0.717) is 60.0 Å². The van der Waals surface area contributed by atoms with Crippen molar-refractivity contribution < 1.29 is 19.4 Å². The highest BCUT2D eigenvalue weighted by Gasteiger charge is 2.25. The number of nitrogens with zero attached hydrogens (tertiary/aromatic N) is 4. The Balaban J connectivity index is 1.29. The fraction of sp³-hybridized carbons (Fsp3) is 0.478. The van der Waals surface area contributed by atoms with E-state index >= 15 is 0 Å². The van der Waals surface area contributed by atoms with Crippen LogP contribution in [0.15, 0.2) is 33.0 Å². The van der Waals surface area contributed by atoms with Crippen molar-refractivity contribution >= 4 is 44.8 Å². The summed E-state index contributed by atoms with van der Waals surface area (Å²) in [4.78, 5) is 26.9. The summed E-state index contributed by atoms with van der Waals surface area (Å²) < 4.78 is 14.2. The lowest BCUT2D eigenvalue weighted by atomic mass is 9.93. The van der Waals surface area contributed by atoms with Gasteiger partial charge in [0.15, 0.2) is 27.8 Å². The maximum absolute atomic E-state index is 12.0. The Morgan fingerprint density at radius 1 is 1.31 bits per heavy atom. The molecule has 12 heteroatoms. The van der Waals surface area contributed by atoms with Crippen molar-refractivity contribution in [3.05, 3.63) is 28.4 Å². The van der Waals surface area contributed by atoms with Crippen LogP contribution in [0.25, 0.3) is 11.2 Å². The first kappa shape index (κ1) is 24.1. The fourth-order valence-corrected chi connectivity index (χ4v) is 5.81. The molecule has 2 aliphatic rings. The number of aromatic amines is 1. The maximum Gasteiger partial charge on any atom is 0.251 e. The number of carbonyl (C=O) groups excluding carboxylic acids is 1. The van der Waals surface area contributed by atoms with Crippen LogP contribution in [0.4, 0.5) is 0 Å². The van der Waals surface area contributed by atoms with Crippen LogP contribution in [0.3, 0.4) is 0 Å². The van der Waals surface area contributed by atoms with E-state index < -0.39 is 6.10 Å². The molecule has 0 unspecified atom stereocenters. The number of hydrogen-bond acceptors (Lipinski definition) is 8. The molecule has 5 rings (SSSR count). The minimum absolute atomic E-state index is 0.154. The molecule has 0 radical (unpaired) electrons. The predicted molar refractivity (Wildman–Crippen MR) is 133 cm³/mol. The zero-order valence-corrected chi connectivity index (χ0v) is 21.7. The van der Waals surface area contributed by atoms with Gasteiger partial charge in [-0.25, -0.2) is 9.97 Å². The van der Waals surface area contributed by atoms with Crippen LogP contribution in [-0.4, -0.2) is 67.8 Å². The second kappa shape index (κ2) is 10.2. The average Bonchev–Trinajstić information content (AvgIpc) is 3.29. The zero-order valence-electron chi connectivity index (χ0n) is 19.3. The molecule has 0 spiro atoms. The van der Waals surface area contributed by atoms with Crippen LogP contribution < -0.4 is 15.0 Å². The van der Waals surface area contributed by atoms with Gasteiger partial charge in [-0.3, -0.25) is 10.2 Å². The molecule has 1 amide bonds. The molecular weight excluding hydrogens is 536 g/mol. The number of fused-ring (bicyclic) bond motifs is 2. The quantitative estimate of drug-likeness (QED) is 0.421. The number of aliphatic hydroxyl groups excluding tert-OH is 1. The summed E-state index contributed by atoms with van der Waals surface area (Å²) in [6.07, 6.45) is 3.47. The summed E-state index contributed by atoms with van der Waals surface area (Å²) in [6.45, 7) is 4.64. The lowest BCUT2D eigenvalue weighted by Gasteiger charge is -2.32. The van der Waals surface area contributed by atoms with Gasteiger partial charge in [0.1, 0.15) is 24.8 Å². The Labute approximate surface area is 214 Å².